The Morgan fingerprint density at radius 3 is 2.19 bits per heavy atom. The first kappa shape index (κ1) is 19.4. The van der Waals surface area contributed by atoms with Gasteiger partial charge in [0.2, 0.25) is 0 Å². The van der Waals surface area contributed by atoms with Crippen LogP contribution in [0.15, 0.2) is 42.5 Å². The van der Waals surface area contributed by atoms with Crippen molar-refractivity contribution in [3.63, 3.8) is 0 Å². The number of rotatable bonds is 3. The minimum absolute atomic E-state index is 0.0485. The predicted molar refractivity (Wildman–Crippen MR) is 110 cm³/mol. The van der Waals surface area contributed by atoms with Crippen molar-refractivity contribution in [3.05, 3.63) is 70.3 Å². The van der Waals surface area contributed by atoms with Gasteiger partial charge in [0, 0.05) is 5.41 Å². The number of carboxylic acids is 1. The lowest BCUT2D eigenvalue weighted by Crippen LogP contribution is -2.45. The zero-order valence-electron chi connectivity index (χ0n) is 16.7. The second-order valence-electron chi connectivity index (χ2n) is 8.84. The first-order valence-electron chi connectivity index (χ1n) is 9.37. The topological polar surface area (TPSA) is 57.5 Å². The molecule has 0 radical (unpaired) electrons. The number of hydrogen-bond acceptors (Lipinski definition) is 2. The van der Waals surface area contributed by atoms with E-state index in [1.165, 1.54) is 11.1 Å². The number of benzene rings is 2. The summed E-state index contributed by atoms with van der Waals surface area (Å²) < 4.78 is 0. The first-order valence-corrected chi connectivity index (χ1v) is 9.37. The molecule has 2 aromatic rings. The molecule has 2 aromatic carbocycles. The highest BCUT2D eigenvalue weighted by Gasteiger charge is 2.43. The molecule has 27 heavy (non-hydrogen) atoms. The maximum atomic E-state index is 11.0. The summed E-state index contributed by atoms with van der Waals surface area (Å²) in [6.45, 7) is 10.7. The van der Waals surface area contributed by atoms with E-state index < -0.39 is 5.97 Å². The molecule has 3 rings (SSSR count). The zero-order valence-corrected chi connectivity index (χ0v) is 16.7. The summed E-state index contributed by atoms with van der Waals surface area (Å²) in [5.41, 5.74) is 5.66. The second-order valence-corrected chi connectivity index (χ2v) is 8.84. The van der Waals surface area contributed by atoms with Crippen molar-refractivity contribution >= 4 is 17.6 Å². The summed E-state index contributed by atoms with van der Waals surface area (Å²) >= 11 is 0. The van der Waals surface area contributed by atoms with E-state index in [9.17, 15) is 9.90 Å². The van der Waals surface area contributed by atoms with Crippen molar-refractivity contribution < 1.29 is 15.0 Å². The molecule has 1 unspecified atom stereocenters. The maximum absolute atomic E-state index is 11.0. The van der Waals surface area contributed by atoms with E-state index >= 15 is 0 Å². The number of carbonyl (C=O) groups is 1. The van der Waals surface area contributed by atoms with Gasteiger partial charge < -0.3 is 10.2 Å². The molecule has 3 heteroatoms. The summed E-state index contributed by atoms with van der Waals surface area (Å²) in [7, 11) is 0. The number of carboxylic acid groups (broad SMARTS) is 1. The smallest absolute Gasteiger partial charge is 0.335 e. The Morgan fingerprint density at radius 1 is 1.00 bits per heavy atom. The molecule has 0 saturated heterocycles. The van der Waals surface area contributed by atoms with Gasteiger partial charge >= 0.3 is 5.97 Å². The van der Waals surface area contributed by atoms with Gasteiger partial charge in [-0.05, 0) is 58.7 Å². The molecule has 0 spiro atoms. The number of hydrogen-bond donors (Lipinski definition) is 2. The van der Waals surface area contributed by atoms with E-state index in [4.69, 9.17) is 5.11 Å². The molecule has 0 amide bonds. The molecule has 0 aliphatic heterocycles. The van der Waals surface area contributed by atoms with Crippen molar-refractivity contribution in [3.8, 4) is 0 Å². The summed E-state index contributed by atoms with van der Waals surface area (Å²) in [5, 5.41) is 19.7. The highest BCUT2D eigenvalue weighted by atomic mass is 16.4. The van der Waals surface area contributed by atoms with Crippen LogP contribution in [0.5, 0.6) is 0 Å². The lowest BCUT2D eigenvalue weighted by Gasteiger charge is -2.45. The highest BCUT2D eigenvalue weighted by Crippen LogP contribution is 2.46. The van der Waals surface area contributed by atoms with Gasteiger partial charge in [0.1, 0.15) is 0 Å². The third-order valence-corrected chi connectivity index (χ3v) is 5.98. The van der Waals surface area contributed by atoms with E-state index in [2.05, 4.69) is 58.9 Å². The molecule has 0 bridgehead atoms. The lowest BCUT2D eigenvalue weighted by molar-refractivity contribution is 0.0583. The van der Waals surface area contributed by atoms with Gasteiger partial charge in [0.25, 0.3) is 0 Å². The van der Waals surface area contributed by atoms with E-state index in [-0.39, 0.29) is 22.5 Å². The van der Waals surface area contributed by atoms with Crippen LogP contribution < -0.4 is 0 Å². The van der Waals surface area contributed by atoms with E-state index in [0.717, 1.165) is 23.1 Å². The van der Waals surface area contributed by atoms with E-state index in [1.807, 2.05) is 12.1 Å². The van der Waals surface area contributed by atoms with Crippen LogP contribution in [0, 0.1) is 0 Å². The van der Waals surface area contributed by atoms with Gasteiger partial charge in [0.15, 0.2) is 0 Å². The molecule has 1 aliphatic carbocycles. The maximum Gasteiger partial charge on any atom is 0.335 e. The van der Waals surface area contributed by atoms with Gasteiger partial charge in [-0.3, -0.25) is 0 Å². The van der Waals surface area contributed by atoms with Crippen LogP contribution >= 0.6 is 0 Å². The number of allylic oxidation sites excluding steroid dienone is 1. The zero-order chi connectivity index (χ0) is 20.0. The van der Waals surface area contributed by atoms with Crippen molar-refractivity contribution in [2.45, 2.75) is 58.0 Å². The average Bonchev–Trinajstić information content (AvgIpc) is 2.60. The number of fused-ring (bicyclic) bond motifs is 1. The van der Waals surface area contributed by atoms with Crippen molar-refractivity contribution in [2.75, 3.05) is 0 Å². The molecule has 2 N–H and O–H groups in total. The fraction of sp³-hybridized carbons (Fsp3) is 0.375. The van der Waals surface area contributed by atoms with Gasteiger partial charge in [-0.15, -0.1) is 0 Å². The summed E-state index contributed by atoms with van der Waals surface area (Å²) in [6, 6.07) is 13.4. The molecule has 0 heterocycles. The highest BCUT2D eigenvalue weighted by molar-refractivity contribution is 5.88. The standard InChI is InChI=1S/C24H28O3/c1-15(12-16-6-8-17(9-7-16)22(26)27)18-10-11-19-20(13-18)24(4,5)21(25)14-23(19,2)3/h6-13,21,25H,14H2,1-5H3,(H,26,27). The summed E-state index contributed by atoms with van der Waals surface area (Å²) in [6.07, 6.45) is 2.45. The Morgan fingerprint density at radius 2 is 1.59 bits per heavy atom. The largest absolute Gasteiger partial charge is 0.478 e. The Kier molecular flexibility index (Phi) is 4.77. The normalized spacial score (nSPS) is 20.8. The van der Waals surface area contributed by atoms with E-state index in [1.54, 1.807) is 12.1 Å². The molecule has 1 aliphatic rings. The number of aliphatic hydroxyl groups is 1. The summed E-state index contributed by atoms with van der Waals surface area (Å²) in [5.74, 6) is -0.916. The van der Waals surface area contributed by atoms with Gasteiger partial charge in [0.05, 0.1) is 11.7 Å². The minimum Gasteiger partial charge on any atom is -0.478 e. The van der Waals surface area contributed by atoms with Crippen LogP contribution in [-0.2, 0) is 10.8 Å². The lowest BCUT2D eigenvalue weighted by atomic mass is 9.61. The van der Waals surface area contributed by atoms with Gasteiger partial charge in [-0.1, -0.05) is 64.1 Å². The third-order valence-electron chi connectivity index (χ3n) is 5.98. The monoisotopic (exact) mass is 364 g/mol. The molecular formula is C24H28O3. The molecule has 0 aromatic heterocycles. The predicted octanol–water partition coefficient (Wildman–Crippen LogP) is 5.27. The Labute approximate surface area is 161 Å². The minimum atomic E-state index is -0.916. The molecule has 0 saturated carbocycles. The molecule has 0 fully saturated rings. The fourth-order valence-corrected chi connectivity index (χ4v) is 4.00. The SMILES string of the molecule is CC(=Cc1ccc(C(=O)O)cc1)c1ccc2c(c1)C(C)(C)C(O)CC2(C)C. The van der Waals surface area contributed by atoms with Gasteiger partial charge in [-0.25, -0.2) is 4.79 Å². The second kappa shape index (κ2) is 6.65. The Hall–Kier alpha value is -2.39. The van der Waals surface area contributed by atoms with Crippen LogP contribution in [0.1, 0.15) is 73.7 Å². The molecular weight excluding hydrogens is 336 g/mol. The quantitative estimate of drug-likeness (QED) is 0.730. The fourth-order valence-electron chi connectivity index (χ4n) is 4.00. The number of aromatic carboxylic acids is 1. The average molecular weight is 364 g/mol. The van der Waals surface area contributed by atoms with E-state index in [0.29, 0.717) is 0 Å². The van der Waals surface area contributed by atoms with Crippen LogP contribution in [0.3, 0.4) is 0 Å². The van der Waals surface area contributed by atoms with Crippen molar-refractivity contribution in [1.29, 1.82) is 0 Å². The Bertz CT molecular complexity index is 902. The molecule has 1 atom stereocenters. The van der Waals surface area contributed by atoms with Crippen molar-refractivity contribution in [1.82, 2.24) is 0 Å². The van der Waals surface area contributed by atoms with Crippen molar-refractivity contribution in [2.24, 2.45) is 0 Å². The van der Waals surface area contributed by atoms with Crippen LogP contribution in [0.25, 0.3) is 11.6 Å². The molecule has 3 nitrogen and oxygen atoms in total. The van der Waals surface area contributed by atoms with Crippen LogP contribution in [0.4, 0.5) is 0 Å². The van der Waals surface area contributed by atoms with Crippen LogP contribution in [-0.4, -0.2) is 22.3 Å². The number of aliphatic hydroxyl groups excluding tert-OH is 1. The molecule has 142 valence electrons. The van der Waals surface area contributed by atoms with Crippen LogP contribution in [0.2, 0.25) is 0 Å². The Balaban J connectivity index is 2.01. The summed E-state index contributed by atoms with van der Waals surface area (Å²) in [4.78, 5) is 11.0. The third kappa shape index (κ3) is 3.57. The van der Waals surface area contributed by atoms with Gasteiger partial charge in [-0.2, -0.15) is 0 Å². The first-order chi connectivity index (χ1) is 12.5.